The van der Waals surface area contributed by atoms with Crippen molar-refractivity contribution in [3.05, 3.63) is 29.8 Å². The summed E-state index contributed by atoms with van der Waals surface area (Å²) < 4.78 is 0. The summed E-state index contributed by atoms with van der Waals surface area (Å²) in [7, 11) is 0. The Hall–Kier alpha value is -1.39. The van der Waals surface area contributed by atoms with Crippen LogP contribution < -0.4 is 10.6 Å². The molecule has 1 saturated heterocycles. The summed E-state index contributed by atoms with van der Waals surface area (Å²) in [6.45, 7) is 0.944. The highest BCUT2D eigenvalue weighted by atomic mass is 16.3. The Morgan fingerprint density at radius 2 is 2.19 bits per heavy atom. The molecule has 0 bridgehead atoms. The lowest BCUT2D eigenvalue weighted by molar-refractivity contribution is -0.117. The summed E-state index contributed by atoms with van der Waals surface area (Å²) >= 11 is 0. The number of carbonyl (C=O) groups is 1. The van der Waals surface area contributed by atoms with Crippen LogP contribution in [0.1, 0.15) is 18.4 Å². The lowest BCUT2D eigenvalue weighted by Crippen LogP contribution is -2.35. The molecule has 1 atom stereocenters. The monoisotopic (exact) mass is 220 g/mol. The van der Waals surface area contributed by atoms with E-state index in [1.54, 1.807) is 24.3 Å². The molecule has 1 amide bonds. The zero-order chi connectivity index (χ0) is 11.4. The van der Waals surface area contributed by atoms with Gasteiger partial charge in [0, 0.05) is 5.69 Å². The Bertz CT molecular complexity index is 356. The molecule has 1 aromatic carbocycles. The van der Waals surface area contributed by atoms with Crippen molar-refractivity contribution in [1.29, 1.82) is 0 Å². The zero-order valence-electron chi connectivity index (χ0n) is 9.07. The molecule has 16 heavy (non-hydrogen) atoms. The maximum absolute atomic E-state index is 11.7. The third kappa shape index (κ3) is 2.59. The number of anilines is 1. The van der Waals surface area contributed by atoms with Crippen LogP contribution in [-0.2, 0) is 11.4 Å². The fourth-order valence-corrected chi connectivity index (χ4v) is 1.83. The number of benzene rings is 1. The first-order chi connectivity index (χ1) is 7.79. The van der Waals surface area contributed by atoms with E-state index < -0.39 is 0 Å². The van der Waals surface area contributed by atoms with Gasteiger partial charge in [0.25, 0.3) is 0 Å². The average molecular weight is 220 g/mol. The Kier molecular flexibility index (Phi) is 3.54. The predicted octanol–water partition coefficient (Wildman–Crippen LogP) is 0.869. The fourth-order valence-electron chi connectivity index (χ4n) is 1.83. The van der Waals surface area contributed by atoms with Crippen LogP contribution in [0.2, 0.25) is 0 Å². The summed E-state index contributed by atoms with van der Waals surface area (Å²) in [6, 6.07) is 7.16. The van der Waals surface area contributed by atoms with E-state index >= 15 is 0 Å². The lowest BCUT2D eigenvalue weighted by atomic mass is 10.2. The molecule has 1 aromatic rings. The molecule has 2 rings (SSSR count). The van der Waals surface area contributed by atoms with Gasteiger partial charge in [-0.05, 0) is 37.1 Å². The fraction of sp³-hybridized carbons (Fsp3) is 0.417. The largest absolute Gasteiger partial charge is 0.392 e. The highest BCUT2D eigenvalue weighted by Gasteiger charge is 2.21. The number of aliphatic hydroxyl groups is 1. The number of hydrogen-bond acceptors (Lipinski definition) is 3. The van der Waals surface area contributed by atoms with Crippen LogP contribution >= 0.6 is 0 Å². The van der Waals surface area contributed by atoms with Gasteiger partial charge in [-0.3, -0.25) is 4.79 Å². The predicted molar refractivity (Wildman–Crippen MR) is 62.0 cm³/mol. The maximum Gasteiger partial charge on any atom is 0.241 e. The van der Waals surface area contributed by atoms with Crippen molar-refractivity contribution in [3.63, 3.8) is 0 Å². The SMILES string of the molecule is O=C(Nc1ccc(CO)cc1)C1CCCN1. The first kappa shape index (κ1) is 11.1. The van der Waals surface area contributed by atoms with Crippen LogP contribution in [0.15, 0.2) is 24.3 Å². The molecule has 1 aliphatic heterocycles. The van der Waals surface area contributed by atoms with Gasteiger partial charge in [-0.2, -0.15) is 0 Å². The van der Waals surface area contributed by atoms with Crippen molar-refractivity contribution in [2.75, 3.05) is 11.9 Å². The lowest BCUT2D eigenvalue weighted by Gasteiger charge is -2.11. The highest BCUT2D eigenvalue weighted by molar-refractivity contribution is 5.94. The topological polar surface area (TPSA) is 61.4 Å². The minimum atomic E-state index is -0.0579. The third-order valence-electron chi connectivity index (χ3n) is 2.78. The van der Waals surface area contributed by atoms with Gasteiger partial charge in [0.1, 0.15) is 0 Å². The van der Waals surface area contributed by atoms with E-state index in [1.165, 1.54) is 0 Å². The number of amides is 1. The summed E-state index contributed by atoms with van der Waals surface area (Å²) in [5.41, 5.74) is 1.62. The van der Waals surface area contributed by atoms with E-state index in [9.17, 15) is 4.79 Å². The normalized spacial score (nSPS) is 19.7. The van der Waals surface area contributed by atoms with Gasteiger partial charge in [-0.1, -0.05) is 12.1 Å². The molecule has 1 heterocycles. The quantitative estimate of drug-likeness (QED) is 0.708. The van der Waals surface area contributed by atoms with Crippen LogP contribution in [0.5, 0.6) is 0 Å². The molecule has 0 radical (unpaired) electrons. The van der Waals surface area contributed by atoms with E-state index in [0.717, 1.165) is 30.6 Å². The van der Waals surface area contributed by atoms with Crippen molar-refractivity contribution in [2.24, 2.45) is 0 Å². The van der Waals surface area contributed by atoms with Gasteiger partial charge in [0.2, 0.25) is 5.91 Å². The molecule has 1 unspecified atom stereocenters. The zero-order valence-corrected chi connectivity index (χ0v) is 9.07. The van der Waals surface area contributed by atoms with Gasteiger partial charge >= 0.3 is 0 Å². The smallest absolute Gasteiger partial charge is 0.241 e. The highest BCUT2D eigenvalue weighted by Crippen LogP contribution is 2.12. The molecule has 4 nitrogen and oxygen atoms in total. The first-order valence-electron chi connectivity index (χ1n) is 5.53. The van der Waals surface area contributed by atoms with Gasteiger partial charge < -0.3 is 15.7 Å². The standard InChI is InChI=1S/C12H16N2O2/c15-8-9-3-5-10(6-4-9)14-12(16)11-2-1-7-13-11/h3-6,11,13,15H,1-2,7-8H2,(H,14,16). The third-order valence-corrected chi connectivity index (χ3v) is 2.78. The minimum absolute atomic E-state index is 0.0225. The molecular formula is C12H16N2O2. The molecule has 4 heteroatoms. The van der Waals surface area contributed by atoms with Crippen LogP contribution in [0, 0.1) is 0 Å². The first-order valence-corrected chi connectivity index (χ1v) is 5.53. The van der Waals surface area contributed by atoms with E-state index in [4.69, 9.17) is 5.11 Å². The molecule has 0 aromatic heterocycles. The summed E-state index contributed by atoms with van der Waals surface area (Å²) in [4.78, 5) is 11.7. The molecule has 1 aliphatic rings. The second kappa shape index (κ2) is 5.09. The molecule has 0 aliphatic carbocycles. The second-order valence-corrected chi connectivity index (χ2v) is 3.99. The van der Waals surface area contributed by atoms with E-state index in [2.05, 4.69) is 10.6 Å². The minimum Gasteiger partial charge on any atom is -0.392 e. The van der Waals surface area contributed by atoms with Crippen molar-refractivity contribution in [2.45, 2.75) is 25.5 Å². The Morgan fingerprint density at radius 1 is 1.44 bits per heavy atom. The van der Waals surface area contributed by atoms with Gasteiger partial charge in [0.05, 0.1) is 12.6 Å². The van der Waals surface area contributed by atoms with Crippen molar-refractivity contribution in [3.8, 4) is 0 Å². The summed E-state index contributed by atoms with van der Waals surface area (Å²) in [6.07, 6.45) is 1.96. The number of nitrogens with one attached hydrogen (secondary N) is 2. The van der Waals surface area contributed by atoms with E-state index in [0.29, 0.717) is 0 Å². The van der Waals surface area contributed by atoms with Crippen LogP contribution in [0.4, 0.5) is 5.69 Å². The second-order valence-electron chi connectivity index (χ2n) is 3.99. The van der Waals surface area contributed by atoms with Crippen molar-refractivity contribution >= 4 is 11.6 Å². The van der Waals surface area contributed by atoms with Crippen molar-refractivity contribution < 1.29 is 9.90 Å². The van der Waals surface area contributed by atoms with Crippen LogP contribution in [-0.4, -0.2) is 23.6 Å². The number of carbonyl (C=O) groups excluding carboxylic acids is 1. The summed E-state index contributed by atoms with van der Waals surface area (Å²) in [5.74, 6) is 0.0225. The Balaban J connectivity index is 1.94. The Labute approximate surface area is 94.7 Å². The molecular weight excluding hydrogens is 204 g/mol. The van der Waals surface area contributed by atoms with E-state index in [-0.39, 0.29) is 18.6 Å². The van der Waals surface area contributed by atoms with Crippen LogP contribution in [0.25, 0.3) is 0 Å². The molecule has 86 valence electrons. The van der Waals surface area contributed by atoms with Crippen LogP contribution in [0.3, 0.4) is 0 Å². The molecule has 0 spiro atoms. The van der Waals surface area contributed by atoms with Gasteiger partial charge in [-0.25, -0.2) is 0 Å². The average Bonchev–Trinajstić information content (AvgIpc) is 2.83. The molecule has 3 N–H and O–H groups in total. The van der Waals surface area contributed by atoms with Crippen molar-refractivity contribution in [1.82, 2.24) is 5.32 Å². The molecule has 0 saturated carbocycles. The number of aliphatic hydroxyl groups excluding tert-OH is 1. The van der Waals surface area contributed by atoms with Gasteiger partial charge in [0.15, 0.2) is 0 Å². The summed E-state index contributed by atoms with van der Waals surface area (Å²) in [5, 5.41) is 14.9. The van der Waals surface area contributed by atoms with Gasteiger partial charge in [-0.15, -0.1) is 0 Å². The molecule has 1 fully saturated rings. The van der Waals surface area contributed by atoms with E-state index in [1.807, 2.05) is 0 Å². The number of rotatable bonds is 3. The maximum atomic E-state index is 11.7. The Morgan fingerprint density at radius 3 is 2.75 bits per heavy atom. The number of hydrogen-bond donors (Lipinski definition) is 3.